The molecule has 0 saturated heterocycles. The zero-order valence-electron chi connectivity index (χ0n) is 20.4. The van der Waals surface area contributed by atoms with Crippen LogP contribution in [0.15, 0.2) is 48.6 Å². The predicted octanol–water partition coefficient (Wildman–Crippen LogP) is 8.57. The second-order valence-corrected chi connectivity index (χ2v) is 8.85. The Balaban J connectivity index is 2.05. The SMILES string of the molecule is CCCCCC=CCC=CCCCCCCCC(=O)NC(C)Cc1cccc(C(F)(F)F)c1. The second-order valence-electron chi connectivity index (χ2n) is 8.85. The van der Waals surface area contributed by atoms with Gasteiger partial charge < -0.3 is 5.32 Å². The van der Waals surface area contributed by atoms with Gasteiger partial charge in [0.15, 0.2) is 0 Å². The van der Waals surface area contributed by atoms with E-state index < -0.39 is 11.7 Å². The highest BCUT2D eigenvalue weighted by molar-refractivity contribution is 5.76. The van der Waals surface area contributed by atoms with Gasteiger partial charge in [-0.3, -0.25) is 4.79 Å². The van der Waals surface area contributed by atoms with Gasteiger partial charge >= 0.3 is 6.18 Å². The smallest absolute Gasteiger partial charge is 0.353 e. The minimum Gasteiger partial charge on any atom is -0.353 e. The molecule has 33 heavy (non-hydrogen) atoms. The van der Waals surface area contributed by atoms with Crippen molar-refractivity contribution in [3.63, 3.8) is 0 Å². The minimum atomic E-state index is -4.34. The molecule has 0 aliphatic rings. The number of rotatable bonds is 17. The molecule has 0 heterocycles. The molecule has 0 aliphatic heterocycles. The summed E-state index contributed by atoms with van der Waals surface area (Å²) in [6.45, 7) is 4.05. The number of amides is 1. The molecule has 0 saturated carbocycles. The van der Waals surface area contributed by atoms with Gasteiger partial charge in [-0.15, -0.1) is 0 Å². The molecule has 1 amide bonds. The van der Waals surface area contributed by atoms with Gasteiger partial charge in [-0.25, -0.2) is 0 Å². The van der Waals surface area contributed by atoms with Crippen LogP contribution in [0.1, 0.15) is 102 Å². The number of carbonyl (C=O) groups is 1. The van der Waals surface area contributed by atoms with Crippen molar-refractivity contribution >= 4 is 5.91 Å². The van der Waals surface area contributed by atoms with Gasteiger partial charge in [0, 0.05) is 12.5 Å². The van der Waals surface area contributed by atoms with Crippen molar-refractivity contribution in [1.82, 2.24) is 5.32 Å². The maximum Gasteiger partial charge on any atom is 0.416 e. The number of carbonyl (C=O) groups excluding carboxylic acids is 1. The van der Waals surface area contributed by atoms with Crippen LogP contribution in [-0.2, 0) is 17.4 Å². The summed E-state index contributed by atoms with van der Waals surface area (Å²) in [7, 11) is 0. The van der Waals surface area contributed by atoms with Crippen molar-refractivity contribution in [1.29, 1.82) is 0 Å². The number of benzene rings is 1. The van der Waals surface area contributed by atoms with E-state index in [1.807, 2.05) is 6.92 Å². The highest BCUT2D eigenvalue weighted by Crippen LogP contribution is 2.29. The zero-order valence-corrected chi connectivity index (χ0v) is 20.4. The molecule has 0 radical (unpaired) electrons. The van der Waals surface area contributed by atoms with Crippen molar-refractivity contribution in [3.8, 4) is 0 Å². The molecule has 0 fully saturated rings. The Hall–Kier alpha value is -2.04. The van der Waals surface area contributed by atoms with Crippen molar-refractivity contribution in [2.45, 2.75) is 110 Å². The van der Waals surface area contributed by atoms with Gasteiger partial charge in [0.2, 0.25) is 5.91 Å². The maximum atomic E-state index is 12.8. The van der Waals surface area contributed by atoms with E-state index in [-0.39, 0.29) is 11.9 Å². The first kappa shape index (κ1) is 29.0. The first-order valence-electron chi connectivity index (χ1n) is 12.6. The van der Waals surface area contributed by atoms with Crippen LogP contribution in [0.4, 0.5) is 13.2 Å². The number of nitrogens with one attached hydrogen (secondary N) is 1. The van der Waals surface area contributed by atoms with Crippen LogP contribution in [0.2, 0.25) is 0 Å². The number of halogens is 3. The minimum absolute atomic E-state index is 0.0276. The van der Waals surface area contributed by atoms with Crippen LogP contribution in [0.5, 0.6) is 0 Å². The Bertz CT molecular complexity index is 709. The highest BCUT2D eigenvalue weighted by atomic mass is 19.4. The molecule has 1 aromatic rings. The molecule has 2 nitrogen and oxygen atoms in total. The number of hydrogen-bond acceptors (Lipinski definition) is 1. The summed E-state index contributed by atoms with van der Waals surface area (Å²) in [6, 6.07) is 5.10. The monoisotopic (exact) mass is 465 g/mol. The summed E-state index contributed by atoms with van der Waals surface area (Å²) < 4.78 is 38.5. The van der Waals surface area contributed by atoms with E-state index in [2.05, 4.69) is 36.5 Å². The van der Waals surface area contributed by atoms with Crippen molar-refractivity contribution in [3.05, 3.63) is 59.7 Å². The number of alkyl halides is 3. The van der Waals surface area contributed by atoms with Crippen molar-refractivity contribution in [2.24, 2.45) is 0 Å². The maximum absolute atomic E-state index is 12.8. The third-order valence-electron chi connectivity index (χ3n) is 5.56. The van der Waals surface area contributed by atoms with Crippen LogP contribution >= 0.6 is 0 Å². The third kappa shape index (κ3) is 15.4. The molecule has 5 heteroatoms. The first-order chi connectivity index (χ1) is 15.8. The molecule has 1 N–H and O–H groups in total. The summed E-state index contributed by atoms with van der Waals surface area (Å²) in [5.74, 6) is -0.0276. The normalized spacial score (nSPS) is 13.1. The Morgan fingerprint density at radius 1 is 0.939 bits per heavy atom. The summed E-state index contributed by atoms with van der Waals surface area (Å²) in [5.41, 5.74) is -0.0710. The molecule has 186 valence electrons. The molecular formula is C28H42F3NO. The lowest BCUT2D eigenvalue weighted by Crippen LogP contribution is -2.33. The topological polar surface area (TPSA) is 29.1 Å². The van der Waals surface area contributed by atoms with Crippen LogP contribution < -0.4 is 5.32 Å². The van der Waals surface area contributed by atoms with Crippen LogP contribution in [-0.4, -0.2) is 11.9 Å². The van der Waals surface area contributed by atoms with Crippen LogP contribution in [0.3, 0.4) is 0 Å². The van der Waals surface area contributed by atoms with Gasteiger partial charge in [-0.05, 0) is 63.5 Å². The van der Waals surface area contributed by atoms with Crippen molar-refractivity contribution in [2.75, 3.05) is 0 Å². The number of hydrogen-bond donors (Lipinski definition) is 1. The van der Waals surface area contributed by atoms with E-state index in [4.69, 9.17) is 0 Å². The van der Waals surface area contributed by atoms with E-state index in [1.54, 1.807) is 6.07 Å². The summed E-state index contributed by atoms with van der Waals surface area (Å²) in [5, 5.41) is 2.90. The Kier molecular flexibility index (Phi) is 15.3. The van der Waals surface area contributed by atoms with Gasteiger partial charge in [0.1, 0.15) is 0 Å². The van der Waals surface area contributed by atoms with E-state index in [1.165, 1.54) is 44.6 Å². The molecule has 0 spiro atoms. The van der Waals surface area contributed by atoms with Gasteiger partial charge in [-0.2, -0.15) is 13.2 Å². The molecule has 0 aliphatic carbocycles. The predicted molar refractivity (Wildman–Crippen MR) is 132 cm³/mol. The number of unbranched alkanes of at least 4 members (excludes halogenated alkanes) is 8. The third-order valence-corrected chi connectivity index (χ3v) is 5.56. The van der Waals surface area contributed by atoms with Crippen LogP contribution in [0.25, 0.3) is 0 Å². The quantitative estimate of drug-likeness (QED) is 0.181. The van der Waals surface area contributed by atoms with Gasteiger partial charge in [0.25, 0.3) is 0 Å². The van der Waals surface area contributed by atoms with E-state index in [9.17, 15) is 18.0 Å². The molecule has 0 aromatic heterocycles. The fraction of sp³-hybridized carbons (Fsp3) is 0.607. The Morgan fingerprint density at radius 3 is 2.24 bits per heavy atom. The molecule has 1 rings (SSSR count). The standard InChI is InChI=1S/C28H42F3NO/c1-3-4-5-6-7-8-9-10-11-12-13-14-15-16-17-21-27(33)32-24(2)22-25-19-18-20-26(23-25)28(29,30)31/h7-8,10-11,18-20,23-24H,3-6,9,12-17,21-22H2,1-2H3,(H,32,33). The number of allylic oxidation sites excluding steroid dienone is 4. The molecular weight excluding hydrogens is 423 g/mol. The lowest BCUT2D eigenvalue weighted by Gasteiger charge is -2.15. The average Bonchev–Trinajstić information content (AvgIpc) is 2.76. The first-order valence-corrected chi connectivity index (χ1v) is 12.6. The molecule has 1 unspecified atom stereocenters. The summed E-state index contributed by atoms with van der Waals surface area (Å²) in [6.07, 6.45) is 18.1. The Labute approximate surface area is 198 Å². The fourth-order valence-electron chi connectivity index (χ4n) is 3.72. The largest absolute Gasteiger partial charge is 0.416 e. The van der Waals surface area contributed by atoms with E-state index in [0.29, 0.717) is 18.4 Å². The average molecular weight is 466 g/mol. The van der Waals surface area contributed by atoms with Crippen molar-refractivity contribution < 1.29 is 18.0 Å². The van der Waals surface area contributed by atoms with Crippen LogP contribution in [0, 0.1) is 0 Å². The van der Waals surface area contributed by atoms with Gasteiger partial charge in [0.05, 0.1) is 5.56 Å². The molecule has 1 atom stereocenters. The molecule has 0 bridgehead atoms. The summed E-state index contributed by atoms with van der Waals surface area (Å²) in [4.78, 5) is 12.1. The van der Waals surface area contributed by atoms with E-state index in [0.717, 1.165) is 44.2 Å². The second kappa shape index (κ2) is 17.4. The van der Waals surface area contributed by atoms with Gasteiger partial charge in [-0.1, -0.05) is 81.5 Å². The molecule has 1 aromatic carbocycles. The highest BCUT2D eigenvalue weighted by Gasteiger charge is 2.30. The fourth-order valence-corrected chi connectivity index (χ4v) is 3.72. The zero-order chi connectivity index (χ0) is 24.4. The lowest BCUT2D eigenvalue weighted by molar-refractivity contribution is -0.137. The summed E-state index contributed by atoms with van der Waals surface area (Å²) >= 11 is 0. The lowest BCUT2D eigenvalue weighted by atomic mass is 10.0. The van der Waals surface area contributed by atoms with E-state index >= 15 is 0 Å². The Morgan fingerprint density at radius 2 is 1.58 bits per heavy atom.